The van der Waals surface area contributed by atoms with E-state index in [4.69, 9.17) is 9.26 Å². The Kier molecular flexibility index (Phi) is 5.04. The molecule has 0 bridgehead atoms. The number of rotatable bonds is 6. The Morgan fingerprint density at radius 3 is 3.17 bits per heavy atom. The Morgan fingerprint density at radius 2 is 2.43 bits per heavy atom. The Hall–Kier alpha value is -2.19. The zero-order valence-electron chi connectivity index (χ0n) is 13.1. The molecule has 0 radical (unpaired) electrons. The molecule has 2 aromatic rings. The van der Waals surface area contributed by atoms with Crippen molar-refractivity contribution >= 4 is 11.7 Å². The van der Waals surface area contributed by atoms with Crippen molar-refractivity contribution in [2.45, 2.75) is 26.0 Å². The lowest BCUT2D eigenvalue weighted by Gasteiger charge is -2.32. The second-order valence-electron chi connectivity index (χ2n) is 5.64. The largest absolute Gasteiger partial charge is 0.374 e. The highest BCUT2D eigenvalue weighted by Gasteiger charge is 2.21. The van der Waals surface area contributed by atoms with E-state index in [1.165, 1.54) is 0 Å². The maximum atomic E-state index is 11.9. The third-order valence-electron chi connectivity index (χ3n) is 3.72. The van der Waals surface area contributed by atoms with E-state index in [-0.39, 0.29) is 12.0 Å². The van der Waals surface area contributed by atoms with E-state index >= 15 is 0 Å². The second-order valence-corrected chi connectivity index (χ2v) is 5.64. The highest BCUT2D eigenvalue weighted by molar-refractivity contribution is 5.89. The van der Waals surface area contributed by atoms with Gasteiger partial charge in [0.15, 0.2) is 5.82 Å². The van der Waals surface area contributed by atoms with Crippen molar-refractivity contribution in [3.05, 3.63) is 30.3 Å². The average molecular weight is 319 g/mol. The van der Waals surface area contributed by atoms with Gasteiger partial charge in [-0.25, -0.2) is 0 Å². The van der Waals surface area contributed by atoms with Gasteiger partial charge in [0.2, 0.25) is 5.91 Å². The molecule has 8 heteroatoms. The standard InChI is InChI=1S/C15H21N5O3/c1-12-9-14(18-23-12)17-15(21)3-6-19-7-8-22-13(10-19)11-20-5-2-4-16-20/h2,4-5,9,13H,3,6-8,10-11H2,1H3,(H,17,18,21)/t13-/m1/s1. The number of hydrogen-bond acceptors (Lipinski definition) is 6. The number of ether oxygens (including phenoxy) is 1. The van der Waals surface area contributed by atoms with Gasteiger partial charge in [-0.3, -0.25) is 14.4 Å². The van der Waals surface area contributed by atoms with Crippen LogP contribution in [-0.4, -0.2) is 58.1 Å². The number of carbonyl (C=O) groups excluding carboxylic acids is 1. The van der Waals surface area contributed by atoms with Crippen LogP contribution in [0.15, 0.2) is 29.0 Å². The number of aromatic nitrogens is 3. The summed E-state index contributed by atoms with van der Waals surface area (Å²) in [4.78, 5) is 14.2. The van der Waals surface area contributed by atoms with Crippen molar-refractivity contribution in [2.75, 3.05) is 31.6 Å². The molecule has 1 saturated heterocycles. The van der Waals surface area contributed by atoms with E-state index < -0.39 is 0 Å². The molecule has 0 saturated carbocycles. The maximum Gasteiger partial charge on any atom is 0.226 e. The van der Waals surface area contributed by atoms with Gasteiger partial charge < -0.3 is 14.6 Å². The molecule has 1 aliphatic heterocycles. The van der Waals surface area contributed by atoms with Crippen LogP contribution in [0.25, 0.3) is 0 Å². The first-order chi connectivity index (χ1) is 11.2. The van der Waals surface area contributed by atoms with E-state index in [9.17, 15) is 4.79 Å². The van der Waals surface area contributed by atoms with Crippen molar-refractivity contribution in [3.63, 3.8) is 0 Å². The van der Waals surface area contributed by atoms with E-state index in [1.807, 2.05) is 16.9 Å². The van der Waals surface area contributed by atoms with Crippen LogP contribution in [0.5, 0.6) is 0 Å². The minimum Gasteiger partial charge on any atom is -0.374 e. The van der Waals surface area contributed by atoms with Gasteiger partial charge in [0, 0.05) is 44.5 Å². The van der Waals surface area contributed by atoms with Gasteiger partial charge in [-0.1, -0.05) is 5.16 Å². The summed E-state index contributed by atoms with van der Waals surface area (Å²) in [5.74, 6) is 1.08. The van der Waals surface area contributed by atoms with Gasteiger partial charge in [-0.15, -0.1) is 0 Å². The van der Waals surface area contributed by atoms with Gasteiger partial charge in [-0.2, -0.15) is 5.10 Å². The summed E-state index contributed by atoms with van der Waals surface area (Å²) < 4.78 is 12.6. The quantitative estimate of drug-likeness (QED) is 0.852. The van der Waals surface area contributed by atoms with Gasteiger partial charge in [0.05, 0.1) is 19.3 Å². The molecular formula is C15H21N5O3. The van der Waals surface area contributed by atoms with Crippen molar-refractivity contribution in [1.29, 1.82) is 0 Å². The van der Waals surface area contributed by atoms with Crippen LogP contribution < -0.4 is 5.32 Å². The molecule has 1 atom stereocenters. The molecule has 0 unspecified atom stereocenters. The van der Waals surface area contributed by atoms with Crippen molar-refractivity contribution in [1.82, 2.24) is 19.8 Å². The molecule has 1 N–H and O–H groups in total. The molecule has 124 valence electrons. The predicted molar refractivity (Wildman–Crippen MR) is 82.9 cm³/mol. The van der Waals surface area contributed by atoms with Crippen LogP contribution in [0.3, 0.4) is 0 Å². The van der Waals surface area contributed by atoms with Crippen LogP contribution in [0, 0.1) is 6.92 Å². The topological polar surface area (TPSA) is 85.4 Å². The Labute approximate surface area is 134 Å². The molecule has 3 rings (SSSR count). The SMILES string of the molecule is Cc1cc(NC(=O)CCN2CCO[C@@H](Cn3cccn3)C2)no1. The van der Waals surface area contributed by atoms with Crippen LogP contribution >= 0.6 is 0 Å². The minimum absolute atomic E-state index is 0.0616. The number of nitrogens with zero attached hydrogens (tertiary/aromatic N) is 4. The summed E-state index contributed by atoms with van der Waals surface area (Å²) in [5.41, 5.74) is 0. The first-order valence-corrected chi connectivity index (χ1v) is 7.73. The highest BCUT2D eigenvalue weighted by Crippen LogP contribution is 2.10. The average Bonchev–Trinajstić information content (AvgIpc) is 3.18. The lowest BCUT2D eigenvalue weighted by Crippen LogP contribution is -2.45. The van der Waals surface area contributed by atoms with E-state index in [2.05, 4.69) is 20.5 Å². The summed E-state index contributed by atoms with van der Waals surface area (Å²) in [6, 6.07) is 3.60. The van der Waals surface area contributed by atoms with E-state index in [0.29, 0.717) is 31.2 Å². The van der Waals surface area contributed by atoms with Gasteiger partial charge in [-0.05, 0) is 13.0 Å². The molecule has 2 aromatic heterocycles. The summed E-state index contributed by atoms with van der Waals surface area (Å²) in [6.07, 6.45) is 4.21. The fourth-order valence-corrected chi connectivity index (χ4v) is 2.60. The number of morpholine rings is 1. The van der Waals surface area contributed by atoms with Crippen molar-refractivity contribution in [2.24, 2.45) is 0 Å². The normalized spacial score (nSPS) is 18.9. The molecule has 8 nitrogen and oxygen atoms in total. The zero-order chi connectivity index (χ0) is 16.1. The number of carbonyl (C=O) groups is 1. The predicted octanol–water partition coefficient (Wildman–Crippen LogP) is 0.909. The number of hydrogen-bond donors (Lipinski definition) is 1. The first-order valence-electron chi connectivity index (χ1n) is 7.73. The second kappa shape index (κ2) is 7.38. The fraction of sp³-hybridized carbons (Fsp3) is 0.533. The zero-order valence-corrected chi connectivity index (χ0v) is 13.1. The number of aryl methyl sites for hydroxylation is 1. The van der Waals surface area contributed by atoms with Crippen molar-refractivity contribution < 1.29 is 14.1 Å². The Morgan fingerprint density at radius 1 is 1.52 bits per heavy atom. The molecule has 1 fully saturated rings. The van der Waals surface area contributed by atoms with E-state index in [0.717, 1.165) is 19.6 Å². The van der Waals surface area contributed by atoms with E-state index in [1.54, 1.807) is 19.2 Å². The maximum absolute atomic E-state index is 11.9. The minimum atomic E-state index is -0.0616. The Balaban J connectivity index is 1.41. The number of nitrogens with one attached hydrogen (secondary N) is 1. The smallest absolute Gasteiger partial charge is 0.226 e. The summed E-state index contributed by atoms with van der Waals surface area (Å²) >= 11 is 0. The molecule has 1 aliphatic rings. The first kappa shape index (κ1) is 15.7. The highest BCUT2D eigenvalue weighted by atomic mass is 16.5. The van der Waals surface area contributed by atoms with Gasteiger partial charge in [0.1, 0.15) is 5.76 Å². The number of amides is 1. The molecule has 0 aromatic carbocycles. The van der Waals surface area contributed by atoms with Crippen LogP contribution in [0.4, 0.5) is 5.82 Å². The van der Waals surface area contributed by atoms with Crippen LogP contribution in [0.2, 0.25) is 0 Å². The molecule has 3 heterocycles. The summed E-state index contributed by atoms with van der Waals surface area (Å²) in [7, 11) is 0. The fourth-order valence-electron chi connectivity index (χ4n) is 2.60. The molecular weight excluding hydrogens is 298 g/mol. The summed E-state index contributed by atoms with van der Waals surface area (Å²) in [6.45, 7) is 5.53. The Bertz CT molecular complexity index is 625. The third-order valence-corrected chi connectivity index (χ3v) is 3.72. The third kappa shape index (κ3) is 4.64. The molecule has 0 aliphatic carbocycles. The molecule has 0 spiro atoms. The molecule has 23 heavy (non-hydrogen) atoms. The lowest BCUT2D eigenvalue weighted by molar-refractivity contribution is -0.117. The lowest BCUT2D eigenvalue weighted by atomic mass is 10.2. The van der Waals surface area contributed by atoms with Gasteiger partial charge >= 0.3 is 0 Å². The van der Waals surface area contributed by atoms with Crippen LogP contribution in [-0.2, 0) is 16.1 Å². The monoisotopic (exact) mass is 319 g/mol. The van der Waals surface area contributed by atoms with Crippen LogP contribution in [0.1, 0.15) is 12.2 Å². The molecule has 1 amide bonds. The number of anilines is 1. The van der Waals surface area contributed by atoms with Crippen molar-refractivity contribution in [3.8, 4) is 0 Å². The summed E-state index contributed by atoms with van der Waals surface area (Å²) in [5, 5.41) is 10.7. The van der Waals surface area contributed by atoms with Gasteiger partial charge in [0.25, 0.3) is 0 Å².